The van der Waals surface area contributed by atoms with Gasteiger partial charge in [-0.1, -0.05) is 29.8 Å². The Morgan fingerprint density at radius 3 is 2.83 bits per heavy atom. The van der Waals surface area contributed by atoms with E-state index in [-0.39, 0.29) is 11.8 Å². The van der Waals surface area contributed by atoms with Crippen LogP contribution >= 0.6 is 11.6 Å². The number of hydrogen-bond donors (Lipinski definition) is 1. The number of nitrogens with two attached hydrogens (primary N) is 1. The predicted molar refractivity (Wildman–Crippen MR) is 73.2 cm³/mol. The molecule has 3 nitrogen and oxygen atoms in total. The Balaban J connectivity index is 2.07. The largest absolute Gasteiger partial charge is 0.369 e. The molecule has 1 aromatic carbocycles. The van der Waals surface area contributed by atoms with E-state index in [0.29, 0.717) is 6.04 Å². The van der Waals surface area contributed by atoms with Crippen molar-refractivity contribution in [2.75, 3.05) is 6.54 Å². The number of amides is 1. The molecule has 18 heavy (non-hydrogen) atoms. The van der Waals surface area contributed by atoms with Gasteiger partial charge >= 0.3 is 0 Å². The molecule has 1 amide bonds. The van der Waals surface area contributed by atoms with Crippen LogP contribution in [0.5, 0.6) is 0 Å². The molecule has 0 aromatic heterocycles. The van der Waals surface area contributed by atoms with Crippen LogP contribution in [0.4, 0.5) is 0 Å². The van der Waals surface area contributed by atoms with Crippen LogP contribution in [-0.4, -0.2) is 23.4 Å². The minimum absolute atomic E-state index is 0.0244. The molecule has 2 rings (SSSR count). The van der Waals surface area contributed by atoms with Gasteiger partial charge in [0.1, 0.15) is 0 Å². The predicted octanol–water partition coefficient (Wildman–Crippen LogP) is 2.43. The van der Waals surface area contributed by atoms with Crippen LogP contribution in [-0.2, 0) is 11.3 Å². The summed E-state index contributed by atoms with van der Waals surface area (Å²) >= 11 is 6.17. The van der Waals surface area contributed by atoms with Crippen molar-refractivity contribution in [2.24, 2.45) is 11.7 Å². The van der Waals surface area contributed by atoms with Gasteiger partial charge in [0.2, 0.25) is 5.91 Å². The van der Waals surface area contributed by atoms with E-state index in [1.807, 2.05) is 24.3 Å². The Labute approximate surface area is 113 Å². The quantitative estimate of drug-likeness (QED) is 0.913. The lowest BCUT2D eigenvalue weighted by Crippen LogP contribution is -2.45. The topological polar surface area (TPSA) is 46.3 Å². The van der Waals surface area contributed by atoms with E-state index in [0.717, 1.165) is 36.5 Å². The normalized spacial score (nSPS) is 25.0. The molecule has 1 aliphatic heterocycles. The molecule has 0 radical (unpaired) electrons. The van der Waals surface area contributed by atoms with Crippen molar-refractivity contribution in [3.05, 3.63) is 34.9 Å². The number of primary amides is 1. The molecule has 1 aromatic rings. The van der Waals surface area contributed by atoms with Gasteiger partial charge in [-0.25, -0.2) is 0 Å². The third-order valence-corrected chi connectivity index (χ3v) is 4.11. The minimum Gasteiger partial charge on any atom is -0.369 e. The molecule has 0 spiro atoms. The number of carbonyl (C=O) groups is 1. The first-order valence-corrected chi connectivity index (χ1v) is 6.72. The average Bonchev–Trinajstić information content (AvgIpc) is 2.34. The Hall–Kier alpha value is -1.06. The maximum absolute atomic E-state index is 11.3. The molecule has 2 unspecified atom stereocenters. The second-order valence-electron chi connectivity index (χ2n) is 5.05. The van der Waals surface area contributed by atoms with E-state index in [1.165, 1.54) is 0 Å². The van der Waals surface area contributed by atoms with E-state index in [2.05, 4.69) is 11.8 Å². The molecule has 1 saturated heterocycles. The summed E-state index contributed by atoms with van der Waals surface area (Å²) in [6.45, 7) is 3.71. The molecule has 0 aliphatic carbocycles. The molecule has 1 heterocycles. The van der Waals surface area contributed by atoms with Gasteiger partial charge in [0.15, 0.2) is 0 Å². The number of benzene rings is 1. The first kappa shape index (κ1) is 13.4. The van der Waals surface area contributed by atoms with Gasteiger partial charge in [-0.15, -0.1) is 0 Å². The van der Waals surface area contributed by atoms with E-state index in [9.17, 15) is 4.79 Å². The zero-order valence-electron chi connectivity index (χ0n) is 10.6. The third-order valence-electron chi connectivity index (χ3n) is 3.74. The summed E-state index contributed by atoms with van der Waals surface area (Å²) < 4.78 is 0. The van der Waals surface area contributed by atoms with Crippen LogP contribution in [0.3, 0.4) is 0 Å². The van der Waals surface area contributed by atoms with E-state index in [4.69, 9.17) is 17.3 Å². The summed E-state index contributed by atoms with van der Waals surface area (Å²) in [7, 11) is 0. The van der Waals surface area contributed by atoms with E-state index < -0.39 is 0 Å². The summed E-state index contributed by atoms with van der Waals surface area (Å²) in [5, 5.41) is 0.783. The Bertz CT molecular complexity index is 436. The molecule has 0 bridgehead atoms. The van der Waals surface area contributed by atoms with Crippen molar-refractivity contribution in [1.29, 1.82) is 0 Å². The molecular weight excluding hydrogens is 248 g/mol. The maximum Gasteiger partial charge on any atom is 0.221 e. The highest BCUT2D eigenvalue weighted by atomic mass is 35.5. The lowest BCUT2D eigenvalue weighted by Gasteiger charge is -2.37. The van der Waals surface area contributed by atoms with E-state index >= 15 is 0 Å². The van der Waals surface area contributed by atoms with Gasteiger partial charge in [0.05, 0.1) is 5.92 Å². The van der Waals surface area contributed by atoms with Crippen LogP contribution in [0.2, 0.25) is 5.02 Å². The van der Waals surface area contributed by atoms with Gasteiger partial charge in [0, 0.05) is 24.2 Å². The number of halogens is 1. The lowest BCUT2D eigenvalue weighted by atomic mass is 9.92. The fourth-order valence-corrected chi connectivity index (χ4v) is 2.67. The number of rotatable bonds is 3. The van der Waals surface area contributed by atoms with Crippen molar-refractivity contribution in [1.82, 2.24) is 4.90 Å². The maximum atomic E-state index is 11.3. The first-order chi connectivity index (χ1) is 8.58. The van der Waals surface area contributed by atoms with Crippen LogP contribution in [0.25, 0.3) is 0 Å². The molecule has 1 fully saturated rings. The van der Waals surface area contributed by atoms with Crippen LogP contribution < -0.4 is 5.73 Å². The number of piperidine rings is 1. The summed E-state index contributed by atoms with van der Waals surface area (Å²) in [5.74, 6) is -0.213. The standard InChI is InChI=1S/C14H19ClN2O/c1-10-6-7-12(14(16)18)9-17(10)8-11-4-2-3-5-13(11)15/h2-5,10,12H,6-9H2,1H3,(H2,16,18). The van der Waals surface area contributed by atoms with Crippen LogP contribution in [0, 0.1) is 5.92 Å². The summed E-state index contributed by atoms with van der Waals surface area (Å²) in [5.41, 5.74) is 6.51. The zero-order valence-corrected chi connectivity index (χ0v) is 11.4. The lowest BCUT2D eigenvalue weighted by molar-refractivity contribution is -0.124. The van der Waals surface area contributed by atoms with Crippen molar-refractivity contribution in [3.63, 3.8) is 0 Å². The molecule has 2 N–H and O–H groups in total. The van der Waals surface area contributed by atoms with Gasteiger partial charge < -0.3 is 5.73 Å². The van der Waals surface area contributed by atoms with Gasteiger partial charge in [-0.3, -0.25) is 9.69 Å². The number of likely N-dealkylation sites (tertiary alicyclic amines) is 1. The SMILES string of the molecule is CC1CCC(C(N)=O)CN1Cc1ccccc1Cl. The molecule has 1 aliphatic rings. The average molecular weight is 267 g/mol. The van der Waals surface area contributed by atoms with Crippen molar-refractivity contribution < 1.29 is 4.79 Å². The fourth-order valence-electron chi connectivity index (χ4n) is 2.48. The summed E-state index contributed by atoms with van der Waals surface area (Å²) in [4.78, 5) is 13.6. The number of hydrogen-bond acceptors (Lipinski definition) is 2. The highest BCUT2D eigenvalue weighted by Gasteiger charge is 2.28. The first-order valence-electron chi connectivity index (χ1n) is 6.34. The third kappa shape index (κ3) is 3.03. The molecule has 2 atom stereocenters. The highest BCUT2D eigenvalue weighted by molar-refractivity contribution is 6.31. The van der Waals surface area contributed by atoms with Crippen LogP contribution in [0.15, 0.2) is 24.3 Å². The number of nitrogens with zero attached hydrogens (tertiary/aromatic N) is 1. The van der Waals surface area contributed by atoms with Crippen molar-refractivity contribution >= 4 is 17.5 Å². The summed E-state index contributed by atoms with van der Waals surface area (Å²) in [6, 6.07) is 8.32. The zero-order chi connectivity index (χ0) is 13.1. The monoisotopic (exact) mass is 266 g/mol. The molecule has 98 valence electrons. The second kappa shape index (κ2) is 5.72. The molecular formula is C14H19ClN2O. The number of carbonyl (C=O) groups excluding carboxylic acids is 1. The smallest absolute Gasteiger partial charge is 0.221 e. The van der Waals surface area contributed by atoms with Gasteiger partial charge in [-0.05, 0) is 31.4 Å². The van der Waals surface area contributed by atoms with E-state index in [1.54, 1.807) is 0 Å². The summed E-state index contributed by atoms with van der Waals surface area (Å²) in [6.07, 6.45) is 1.91. The van der Waals surface area contributed by atoms with Gasteiger partial charge in [0.25, 0.3) is 0 Å². The Morgan fingerprint density at radius 2 is 2.17 bits per heavy atom. The van der Waals surface area contributed by atoms with Gasteiger partial charge in [-0.2, -0.15) is 0 Å². The molecule has 4 heteroatoms. The fraction of sp³-hybridized carbons (Fsp3) is 0.500. The van der Waals surface area contributed by atoms with Crippen molar-refractivity contribution in [3.8, 4) is 0 Å². The molecule has 0 saturated carbocycles. The highest BCUT2D eigenvalue weighted by Crippen LogP contribution is 2.25. The van der Waals surface area contributed by atoms with Crippen molar-refractivity contribution in [2.45, 2.75) is 32.4 Å². The van der Waals surface area contributed by atoms with Crippen LogP contribution in [0.1, 0.15) is 25.3 Å². The Morgan fingerprint density at radius 1 is 1.44 bits per heavy atom. The Kier molecular flexibility index (Phi) is 4.25. The minimum atomic E-state index is -0.189. The second-order valence-corrected chi connectivity index (χ2v) is 5.45.